The molecule has 0 aliphatic carbocycles. The molecular weight excluding hydrogens is 278 g/mol. The molecule has 3 N–H and O–H groups in total. The monoisotopic (exact) mass is 305 g/mol. The van der Waals surface area contributed by atoms with Gasteiger partial charge in [-0.1, -0.05) is 6.92 Å². The van der Waals surface area contributed by atoms with Gasteiger partial charge in [0.15, 0.2) is 9.84 Å². The summed E-state index contributed by atoms with van der Waals surface area (Å²) in [5.74, 6) is 0.0759. The summed E-state index contributed by atoms with van der Waals surface area (Å²) in [6.07, 6.45) is 2.23. The van der Waals surface area contributed by atoms with E-state index in [0.717, 1.165) is 39.0 Å². The van der Waals surface area contributed by atoms with Gasteiger partial charge in [0.25, 0.3) is 0 Å². The maximum Gasteiger partial charge on any atom is 0.218 e. The zero-order chi connectivity index (χ0) is 15.0. The number of sulfone groups is 1. The van der Waals surface area contributed by atoms with Gasteiger partial charge in [0.05, 0.1) is 11.5 Å². The highest BCUT2D eigenvalue weighted by molar-refractivity contribution is 7.91. The molecule has 6 nitrogen and oxygen atoms in total. The summed E-state index contributed by atoms with van der Waals surface area (Å²) in [5.41, 5.74) is 4.99. The predicted molar refractivity (Wildman–Crippen MR) is 80.2 cm³/mol. The van der Waals surface area contributed by atoms with Crippen LogP contribution in [-0.4, -0.2) is 63.5 Å². The fourth-order valence-electron chi connectivity index (χ4n) is 2.43. The highest BCUT2D eigenvalue weighted by atomic mass is 32.2. The summed E-state index contributed by atoms with van der Waals surface area (Å²) in [6.45, 7) is 6.52. The Kier molecular flexibility index (Phi) is 7.47. The van der Waals surface area contributed by atoms with E-state index in [4.69, 9.17) is 5.73 Å². The van der Waals surface area contributed by atoms with Crippen molar-refractivity contribution < 1.29 is 13.2 Å². The van der Waals surface area contributed by atoms with E-state index in [-0.39, 0.29) is 17.9 Å². The van der Waals surface area contributed by atoms with Gasteiger partial charge in [0.2, 0.25) is 5.91 Å². The molecule has 0 atom stereocenters. The minimum atomic E-state index is -3.18. The Labute approximate surface area is 122 Å². The SMILES string of the molecule is CCN(CCS(=O)(=O)CCC(N)=O)CC1CCNCC1. The van der Waals surface area contributed by atoms with Gasteiger partial charge < -0.3 is 16.0 Å². The molecule has 7 heteroatoms. The molecule has 0 aromatic carbocycles. The van der Waals surface area contributed by atoms with Crippen molar-refractivity contribution in [2.75, 3.05) is 44.2 Å². The van der Waals surface area contributed by atoms with E-state index in [1.54, 1.807) is 0 Å². The maximum atomic E-state index is 11.8. The van der Waals surface area contributed by atoms with Crippen molar-refractivity contribution in [3.8, 4) is 0 Å². The van der Waals surface area contributed by atoms with Gasteiger partial charge >= 0.3 is 0 Å². The van der Waals surface area contributed by atoms with E-state index in [1.165, 1.54) is 0 Å². The van der Waals surface area contributed by atoms with Gasteiger partial charge in [-0.05, 0) is 38.4 Å². The second-order valence-electron chi connectivity index (χ2n) is 5.45. The number of amides is 1. The standard InChI is InChI=1S/C13H27N3O3S/c1-2-16(11-12-3-6-15-7-4-12)8-10-20(18,19)9-5-13(14)17/h12,15H,2-11H2,1H3,(H2,14,17). The molecule has 0 aromatic heterocycles. The number of carbonyl (C=O) groups is 1. The second-order valence-corrected chi connectivity index (χ2v) is 7.76. The van der Waals surface area contributed by atoms with Crippen LogP contribution in [0.3, 0.4) is 0 Å². The summed E-state index contributed by atoms with van der Waals surface area (Å²) in [6, 6.07) is 0. The number of nitrogens with two attached hydrogens (primary N) is 1. The Balaban J connectivity index is 2.34. The van der Waals surface area contributed by atoms with Crippen molar-refractivity contribution in [1.29, 1.82) is 0 Å². The Bertz CT molecular complexity index is 392. The number of rotatable bonds is 9. The summed E-state index contributed by atoms with van der Waals surface area (Å²) >= 11 is 0. The first-order valence-corrected chi connectivity index (χ1v) is 9.17. The molecule has 118 valence electrons. The molecule has 1 amide bonds. The molecular formula is C13H27N3O3S. The van der Waals surface area contributed by atoms with E-state index in [0.29, 0.717) is 12.5 Å². The summed E-state index contributed by atoms with van der Waals surface area (Å²) in [4.78, 5) is 12.8. The first kappa shape index (κ1) is 17.4. The number of primary amides is 1. The topological polar surface area (TPSA) is 92.5 Å². The Morgan fingerprint density at radius 2 is 1.95 bits per heavy atom. The molecule has 1 fully saturated rings. The van der Waals surface area contributed by atoms with Gasteiger partial charge in [-0.15, -0.1) is 0 Å². The molecule has 20 heavy (non-hydrogen) atoms. The molecule has 1 aliphatic heterocycles. The van der Waals surface area contributed by atoms with Crippen LogP contribution in [0.4, 0.5) is 0 Å². The lowest BCUT2D eigenvalue weighted by atomic mass is 9.97. The number of carbonyl (C=O) groups excluding carboxylic acids is 1. The maximum absolute atomic E-state index is 11.8. The van der Waals surface area contributed by atoms with E-state index >= 15 is 0 Å². The quantitative estimate of drug-likeness (QED) is 0.604. The average molecular weight is 305 g/mol. The zero-order valence-electron chi connectivity index (χ0n) is 12.3. The second kappa shape index (κ2) is 8.59. The normalized spacial score (nSPS) is 17.5. The minimum absolute atomic E-state index is 0.0806. The van der Waals surface area contributed by atoms with Crippen LogP contribution >= 0.6 is 0 Å². The predicted octanol–water partition coefficient (Wildman–Crippen LogP) is -0.402. The van der Waals surface area contributed by atoms with Crippen molar-refractivity contribution in [3.05, 3.63) is 0 Å². The lowest BCUT2D eigenvalue weighted by Gasteiger charge is -2.29. The number of nitrogens with zero attached hydrogens (tertiary/aromatic N) is 1. The number of nitrogens with one attached hydrogen (secondary N) is 1. The Morgan fingerprint density at radius 1 is 1.30 bits per heavy atom. The summed E-state index contributed by atoms with van der Waals surface area (Å²) < 4.78 is 23.6. The van der Waals surface area contributed by atoms with E-state index in [1.807, 2.05) is 0 Å². The number of piperidine rings is 1. The number of hydrogen-bond donors (Lipinski definition) is 2. The molecule has 0 radical (unpaired) electrons. The molecule has 0 spiro atoms. The fourth-order valence-corrected chi connectivity index (χ4v) is 3.69. The third kappa shape index (κ3) is 7.21. The average Bonchev–Trinajstić information content (AvgIpc) is 2.42. The third-order valence-electron chi connectivity index (χ3n) is 3.80. The lowest BCUT2D eigenvalue weighted by molar-refractivity contribution is -0.117. The Hall–Kier alpha value is -0.660. The molecule has 1 saturated heterocycles. The van der Waals surface area contributed by atoms with Gasteiger partial charge in [-0.2, -0.15) is 0 Å². The van der Waals surface area contributed by atoms with Crippen LogP contribution in [0.2, 0.25) is 0 Å². The van der Waals surface area contributed by atoms with Crippen LogP contribution in [0.5, 0.6) is 0 Å². The molecule has 1 heterocycles. The van der Waals surface area contributed by atoms with Crippen molar-refractivity contribution in [2.45, 2.75) is 26.2 Å². The lowest BCUT2D eigenvalue weighted by Crippen LogP contribution is -2.38. The minimum Gasteiger partial charge on any atom is -0.370 e. The molecule has 1 aliphatic rings. The number of hydrogen-bond acceptors (Lipinski definition) is 5. The van der Waals surface area contributed by atoms with Crippen molar-refractivity contribution >= 4 is 15.7 Å². The van der Waals surface area contributed by atoms with Crippen LogP contribution in [0.25, 0.3) is 0 Å². The van der Waals surface area contributed by atoms with E-state index in [9.17, 15) is 13.2 Å². The van der Waals surface area contributed by atoms with Crippen molar-refractivity contribution in [1.82, 2.24) is 10.2 Å². The largest absolute Gasteiger partial charge is 0.370 e. The summed E-state index contributed by atoms with van der Waals surface area (Å²) in [7, 11) is -3.18. The highest BCUT2D eigenvalue weighted by Crippen LogP contribution is 2.13. The van der Waals surface area contributed by atoms with Crippen LogP contribution < -0.4 is 11.1 Å². The van der Waals surface area contributed by atoms with Crippen LogP contribution in [0, 0.1) is 5.92 Å². The van der Waals surface area contributed by atoms with Crippen LogP contribution in [0.1, 0.15) is 26.2 Å². The van der Waals surface area contributed by atoms with Crippen molar-refractivity contribution in [2.24, 2.45) is 11.7 Å². The Morgan fingerprint density at radius 3 is 2.50 bits per heavy atom. The van der Waals surface area contributed by atoms with E-state index in [2.05, 4.69) is 17.1 Å². The van der Waals surface area contributed by atoms with Crippen LogP contribution in [-0.2, 0) is 14.6 Å². The molecule has 0 unspecified atom stereocenters. The van der Waals surface area contributed by atoms with Gasteiger partial charge in [-0.25, -0.2) is 8.42 Å². The molecule has 0 saturated carbocycles. The summed E-state index contributed by atoms with van der Waals surface area (Å²) in [5, 5.41) is 3.33. The highest BCUT2D eigenvalue weighted by Gasteiger charge is 2.18. The molecule has 0 bridgehead atoms. The smallest absolute Gasteiger partial charge is 0.218 e. The fraction of sp³-hybridized carbons (Fsp3) is 0.923. The first-order valence-electron chi connectivity index (χ1n) is 7.34. The van der Waals surface area contributed by atoms with Gasteiger partial charge in [0, 0.05) is 19.5 Å². The molecule has 0 aromatic rings. The first-order chi connectivity index (χ1) is 9.43. The van der Waals surface area contributed by atoms with Crippen LogP contribution in [0.15, 0.2) is 0 Å². The molecule has 1 rings (SSSR count). The zero-order valence-corrected chi connectivity index (χ0v) is 13.1. The van der Waals surface area contributed by atoms with E-state index < -0.39 is 15.7 Å². The van der Waals surface area contributed by atoms with Crippen molar-refractivity contribution in [3.63, 3.8) is 0 Å². The van der Waals surface area contributed by atoms with Gasteiger partial charge in [-0.3, -0.25) is 4.79 Å². The third-order valence-corrected chi connectivity index (χ3v) is 5.43. The van der Waals surface area contributed by atoms with Gasteiger partial charge in [0.1, 0.15) is 0 Å².